The van der Waals surface area contributed by atoms with Crippen molar-refractivity contribution in [2.45, 2.75) is 45.8 Å². The number of hydrogen-bond donors (Lipinski definition) is 2. The Balaban J connectivity index is 2.87. The van der Waals surface area contributed by atoms with Crippen molar-refractivity contribution < 1.29 is 15.0 Å². The summed E-state index contributed by atoms with van der Waals surface area (Å²) in [5.41, 5.74) is -0.210. The summed E-state index contributed by atoms with van der Waals surface area (Å²) in [6.07, 6.45) is -0.00491. The van der Waals surface area contributed by atoms with Crippen molar-refractivity contribution in [1.82, 2.24) is 4.90 Å². The van der Waals surface area contributed by atoms with Crippen LogP contribution in [0.1, 0.15) is 33.6 Å². The molecule has 0 aromatic heterocycles. The maximum Gasteiger partial charge on any atom is 0.407 e. The van der Waals surface area contributed by atoms with E-state index < -0.39 is 12.2 Å². The SMILES string of the molecule is CC(C)(C)C1C(O)CCCN1C(=O)O. The molecule has 0 radical (unpaired) electrons. The molecule has 82 valence electrons. The van der Waals surface area contributed by atoms with Gasteiger partial charge in [-0.2, -0.15) is 0 Å². The summed E-state index contributed by atoms with van der Waals surface area (Å²) in [5, 5.41) is 18.8. The van der Waals surface area contributed by atoms with E-state index in [2.05, 4.69) is 0 Å². The van der Waals surface area contributed by atoms with E-state index in [-0.39, 0.29) is 11.5 Å². The summed E-state index contributed by atoms with van der Waals surface area (Å²) in [6.45, 7) is 6.42. The van der Waals surface area contributed by atoms with E-state index in [1.165, 1.54) is 4.90 Å². The standard InChI is InChI=1S/C10H19NO3/c1-10(2,3)8-7(12)5-4-6-11(8)9(13)14/h7-8,12H,4-6H2,1-3H3,(H,13,14). The van der Waals surface area contributed by atoms with Crippen molar-refractivity contribution in [3.05, 3.63) is 0 Å². The third-order valence-corrected chi connectivity index (χ3v) is 2.73. The highest BCUT2D eigenvalue weighted by molar-refractivity contribution is 5.65. The second-order valence-electron chi connectivity index (χ2n) is 5.00. The molecule has 0 aromatic carbocycles. The monoisotopic (exact) mass is 201 g/mol. The number of aliphatic hydroxyl groups excluding tert-OH is 1. The predicted octanol–water partition coefficient (Wildman–Crippen LogP) is 1.54. The Morgan fingerprint density at radius 1 is 1.43 bits per heavy atom. The van der Waals surface area contributed by atoms with Gasteiger partial charge < -0.3 is 15.1 Å². The van der Waals surface area contributed by atoms with E-state index in [1.807, 2.05) is 20.8 Å². The second kappa shape index (κ2) is 3.77. The lowest BCUT2D eigenvalue weighted by Gasteiger charge is -2.44. The van der Waals surface area contributed by atoms with E-state index in [0.717, 1.165) is 6.42 Å². The van der Waals surface area contributed by atoms with Gasteiger partial charge >= 0.3 is 6.09 Å². The molecule has 1 aliphatic rings. The Labute approximate surface area is 84.5 Å². The molecule has 1 heterocycles. The highest BCUT2D eigenvalue weighted by atomic mass is 16.4. The average molecular weight is 201 g/mol. The number of aliphatic hydroxyl groups is 1. The Kier molecular flexibility index (Phi) is 3.04. The molecule has 0 saturated carbocycles. The quantitative estimate of drug-likeness (QED) is 0.625. The first-order chi connectivity index (χ1) is 6.34. The van der Waals surface area contributed by atoms with Crippen molar-refractivity contribution in [3.63, 3.8) is 0 Å². The van der Waals surface area contributed by atoms with Crippen molar-refractivity contribution in [1.29, 1.82) is 0 Å². The molecule has 1 rings (SSSR count). The Morgan fingerprint density at radius 2 is 2.00 bits per heavy atom. The van der Waals surface area contributed by atoms with Crippen molar-refractivity contribution >= 4 is 6.09 Å². The van der Waals surface area contributed by atoms with Crippen molar-refractivity contribution in [2.75, 3.05) is 6.54 Å². The lowest BCUT2D eigenvalue weighted by molar-refractivity contribution is -0.0306. The van der Waals surface area contributed by atoms with Gasteiger partial charge in [0, 0.05) is 6.54 Å². The molecule has 0 bridgehead atoms. The van der Waals surface area contributed by atoms with E-state index in [0.29, 0.717) is 13.0 Å². The third-order valence-electron chi connectivity index (χ3n) is 2.73. The fourth-order valence-corrected chi connectivity index (χ4v) is 2.23. The van der Waals surface area contributed by atoms with Gasteiger partial charge in [-0.3, -0.25) is 0 Å². The molecule has 0 spiro atoms. The van der Waals surface area contributed by atoms with Gasteiger partial charge in [-0.15, -0.1) is 0 Å². The zero-order chi connectivity index (χ0) is 10.9. The van der Waals surface area contributed by atoms with Crippen LogP contribution in [0.2, 0.25) is 0 Å². The van der Waals surface area contributed by atoms with Gasteiger partial charge in [-0.25, -0.2) is 4.79 Å². The molecule has 0 aliphatic carbocycles. The van der Waals surface area contributed by atoms with Crippen LogP contribution in [0.15, 0.2) is 0 Å². The van der Waals surface area contributed by atoms with E-state index in [9.17, 15) is 9.90 Å². The number of carbonyl (C=O) groups is 1. The van der Waals surface area contributed by atoms with E-state index in [4.69, 9.17) is 5.11 Å². The molecule has 0 aromatic rings. The van der Waals surface area contributed by atoms with Gasteiger partial charge in [0.05, 0.1) is 12.1 Å². The average Bonchev–Trinajstić information content (AvgIpc) is 2.01. The first-order valence-electron chi connectivity index (χ1n) is 5.01. The topological polar surface area (TPSA) is 60.8 Å². The minimum atomic E-state index is -0.927. The van der Waals surface area contributed by atoms with Gasteiger partial charge in [0.2, 0.25) is 0 Å². The number of nitrogens with zero attached hydrogens (tertiary/aromatic N) is 1. The van der Waals surface area contributed by atoms with Crippen LogP contribution in [-0.4, -0.2) is 39.9 Å². The summed E-state index contributed by atoms with van der Waals surface area (Å²) in [5.74, 6) is 0. The molecule has 2 N–H and O–H groups in total. The number of hydrogen-bond acceptors (Lipinski definition) is 2. The Morgan fingerprint density at radius 3 is 2.36 bits per heavy atom. The molecule has 2 unspecified atom stereocenters. The molecular weight excluding hydrogens is 182 g/mol. The van der Waals surface area contributed by atoms with Crippen LogP contribution >= 0.6 is 0 Å². The molecule has 1 aliphatic heterocycles. The van der Waals surface area contributed by atoms with Crippen LogP contribution in [0.4, 0.5) is 4.79 Å². The normalized spacial score (nSPS) is 29.0. The predicted molar refractivity (Wildman–Crippen MR) is 53.2 cm³/mol. The maximum atomic E-state index is 11.0. The van der Waals surface area contributed by atoms with E-state index >= 15 is 0 Å². The Bertz CT molecular complexity index is 222. The molecular formula is C10H19NO3. The Hall–Kier alpha value is -0.770. The number of amides is 1. The van der Waals surface area contributed by atoms with Gasteiger partial charge in [0.15, 0.2) is 0 Å². The third kappa shape index (κ3) is 2.18. The van der Waals surface area contributed by atoms with E-state index in [1.54, 1.807) is 0 Å². The second-order valence-corrected chi connectivity index (χ2v) is 5.00. The van der Waals surface area contributed by atoms with Crippen molar-refractivity contribution in [3.8, 4) is 0 Å². The van der Waals surface area contributed by atoms with Crippen LogP contribution in [0.3, 0.4) is 0 Å². The van der Waals surface area contributed by atoms with Crippen LogP contribution < -0.4 is 0 Å². The molecule has 14 heavy (non-hydrogen) atoms. The highest BCUT2D eigenvalue weighted by Crippen LogP contribution is 2.32. The summed E-state index contributed by atoms with van der Waals surface area (Å²) in [7, 11) is 0. The highest BCUT2D eigenvalue weighted by Gasteiger charge is 2.40. The molecule has 2 atom stereocenters. The summed E-state index contributed by atoms with van der Waals surface area (Å²) >= 11 is 0. The van der Waals surface area contributed by atoms with Crippen LogP contribution in [0, 0.1) is 5.41 Å². The lowest BCUT2D eigenvalue weighted by atomic mass is 9.79. The van der Waals surface area contributed by atoms with Gasteiger partial charge in [0.25, 0.3) is 0 Å². The van der Waals surface area contributed by atoms with Crippen LogP contribution in [0.5, 0.6) is 0 Å². The van der Waals surface area contributed by atoms with Crippen LogP contribution in [0.25, 0.3) is 0 Å². The number of piperidine rings is 1. The summed E-state index contributed by atoms with van der Waals surface area (Å²) < 4.78 is 0. The number of rotatable bonds is 0. The fourth-order valence-electron chi connectivity index (χ4n) is 2.23. The lowest BCUT2D eigenvalue weighted by Crippen LogP contribution is -2.56. The summed E-state index contributed by atoms with van der Waals surface area (Å²) in [6, 6.07) is -0.284. The first kappa shape index (κ1) is 11.3. The molecule has 1 fully saturated rings. The molecule has 4 heteroatoms. The zero-order valence-corrected chi connectivity index (χ0v) is 9.03. The minimum Gasteiger partial charge on any atom is -0.465 e. The molecule has 4 nitrogen and oxygen atoms in total. The fraction of sp³-hybridized carbons (Fsp3) is 0.900. The van der Waals surface area contributed by atoms with Gasteiger partial charge in [-0.05, 0) is 18.3 Å². The van der Waals surface area contributed by atoms with Crippen LogP contribution in [-0.2, 0) is 0 Å². The minimum absolute atomic E-state index is 0.210. The smallest absolute Gasteiger partial charge is 0.407 e. The largest absolute Gasteiger partial charge is 0.465 e. The number of likely N-dealkylation sites (tertiary alicyclic amines) is 1. The zero-order valence-electron chi connectivity index (χ0n) is 9.03. The van der Waals surface area contributed by atoms with Crippen molar-refractivity contribution in [2.24, 2.45) is 5.41 Å². The number of carboxylic acid groups (broad SMARTS) is 1. The van der Waals surface area contributed by atoms with Gasteiger partial charge in [0.1, 0.15) is 0 Å². The van der Waals surface area contributed by atoms with Gasteiger partial charge in [-0.1, -0.05) is 20.8 Å². The molecule has 1 amide bonds. The molecule has 1 saturated heterocycles. The first-order valence-corrected chi connectivity index (χ1v) is 5.01. The maximum absolute atomic E-state index is 11.0. The summed E-state index contributed by atoms with van der Waals surface area (Å²) in [4.78, 5) is 12.3.